The molecule has 2 atom stereocenters. The summed E-state index contributed by atoms with van der Waals surface area (Å²) in [5.41, 5.74) is 0. The van der Waals surface area contributed by atoms with Crippen LogP contribution in [0.3, 0.4) is 0 Å². The van der Waals surface area contributed by atoms with Gasteiger partial charge in [-0.1, -0.05) is 19.8 Å². The van der Waals surface area contributed by atoms with Crippen LogP contribution in [0.25, 0.3) is 0 Å². The molecular formula is C15H25N3O2S. The monoisotopic (exact) mass is 311 g/mol. The molecule has 0 saturated heterocycles. The molecule has 1 heterocycles. The summed E-state index contributed by atoms with van der Waals surface area (Å²) < 4.78 is 5.86. The minimum absolute atomic E-state index is 0.164. The number of hydrogen-bond acceptors (Lipinski definition) is 4. The first-order valence-corrected chi connectivity index (χ1v) is 8.51. The van der Waals surface area contributed by atoms with Gasteiger partial charge in [0.05, 0.1) is 19.3 Å². The molecule has 0 unspecified atom stereocenters. The molecule has 0 radical (unpaired) electrons. The topological polar surface area (TPSA) is 63.2 Å². The summed E-state index contributed by atoms with van der Waals surface area (Å²) in [6.45, 7) is 5.86. The summed E-state index contributed by atoms with van der Waals surface area (Å²) in [5, 5.41) is 6.54. The van der Waals surface area contributed by atoms with Crippen LogP contribution >= 0.6 is 11.3 Å². The second-order valence-electron chi connectivity index (χ2n) is 5.65. The number of urea groups is 1. The van der Waals surface area contributed by atoms with E-state index in [1.165, 1.54) is 19.3 Å². The van der Waals surface area contributed by atoms with Crippen molar-refractivity contribution in [3.8, 4) is 0 Å². The van der Waals surface area contributed by atoms with E-state index in [1.54, 1.807) is 11.3 Å². The molecule has 1 aromatic heterocycles. The van der Waals surface area contributed by atoms with Gasteiger partial charge in [0.2, 0.25) is 0 Å². The second-order valence-corrected chi connectivity index (χ2v) is 6.96. The average Bonchev–Trinajstić information content (AvgIpc) is 2.89. The Balaban J connectivity index is 1.54. The quantitative estimate of drug-likeness (QED) is 0.794. The summed E-state index contributed by atoms with van der Waals surface area (Å²) in [6.07, 6.45) is 7.16. The molecule has 0 aromatic carbocycles. The molecule has 0 spiro atoms. The first-order valence-electron chi connectivity index (χ1n) is 7.70. The number of hydrogen-bond donors (Lipinski definition) is 2. The predicted molar refractivity (Wildman–Crippen MR) is 84.5 cm³/mol. The number of nitrogens with one attached hydrogen (secondary N) is 2. The summed E-state index contributed by atoms with van der Waals surface area (Å²) in [5.74, 6) is 0.640. The van der Waals surface area contributed by atoms with Gasteiger partial charge in [-0.05, 0) is 25.7 Å². The van der Waals surface area contributed by atoms with Gasteiger partial charge in [-0.25, -0.2) is 9.78 Å². The minimum Gasteiger partial charge on any atom is -0.376 e. The van der Waals surface area contributed by atoms with Crippen molar-refractivity contribution in [3.05, 3.63) is 16.1 Å². The number of nitrogens with zero attached hydrogens (tertiary/aromatic N) is 1. The number of ether oxygens (including phenoxy) is 1. The molecule has 2 rings (SSSR count). The van der Waals surface area contributed by atoms with E-state index < -0.39 is 0 Å². The number of aryl methyl sites for hydroxylation is 1. The summed E-state index contributed by atoms with van der Waals surface area (Å²) >= 11 is 1.60. The zero-order valence-electron chi connectivity index (χ0n) is 12.9. The molecule has 2 N–H and O–H groups in total. The lowest BCUT2D eigenvalue weighted by atomic mass is 9.88. The number of carbonyl (C=O) groups is 1. The van der Waals surface area contributed by atoms with Gasteiger partial charge in [0.1, 0.15) is 5.01 Å². The van der Waals surface area contributed by atoms with E-state index in [9.17, 15) is 4.79 Å². The Hall–Kier alpha value is -1.14. The zero-order chi connectivity index (χ0) is 15.1. The number of rotatable bonds is 6. The normalized spacial score (nSPS) is 22.0. The van der Waals surface area contributed by atoms with Crippen molar-refractivity contribution in [2.75, 3.05) is 13.2 Å². The minimum atomic E-state index is -0.164. The molecule has 1 fully saturated rings. The van der Waals surface area contributed by atoms with E-state index in [4.69, 9.17) is 4.74 Å². The van der Waals surface area contributed by atoms with Gasteiger partial charge < -0.3 is 15.4 Å². The molecule has 1 aliphatic rings. The van der Waals surface area contributed by atoms with Gasteiger partial charge >= 0.3 is 6.03 Å². The largest absolute Gasteiger partial charge is 0.376 e. The van der Waals surface area contributed by atoms with Gasteiger partial charge in [-0.15, -0.1) is 11.3 Å². The number of amides is 2. The van der Waals surface area contributed by atoms with Crippen LogP contribution in [0.4, 0.5) is 4.79 Å². The van der Waals surface area contributed by atoms with E-state index in [-0.39, 0.29) is 6.03 Å². The number of aromatic nitrogens is 1. The Morgan fingerprint density at radius 1 is 1.43 bits per heavy atom. The van der Waals surface area contributed by atoms with Crippen LogP contribution in [0.5, 0.6) is 0 Å². The van der Waals surface area contributed by atoms with Gasteiger partial charge in [-0.2, -0.15) is 0 Å². The third kappa shape index (κ3) is 5.63. The molecule has 1 aliphatic carbocycles. The second kappa shape index (κ2) is 8.34. The summed E-state index contributed by atoms with van der Waals surface area (Å²) in [4.78, 5) is 17.0. The molecule has 6 heteroatoms. The van der Waals surface area contributed by atoms with Crippen molar-refractivity contribution in [1.29, 1.82) is 0 Å². The highest BCUT2D eigenvalue weighted by Crippen LogP contribution is 2.25. The van der Waals surface area contributed by atoms with E-state index in [2.05, 4.69) is 22.5 Å². The lowest BCUT2D eigenvalue weighted by molar-refractivity contribution is -0.00243. The van der Waals surface area contributed by atoms with Gasteiger partial charge in [0.15, 0.2) is 0 Å². The predicted octanol–water partition coefficient (Wildman–Crippen LogP) is 2.85. The fraction of sp³-hybridized carbons (Fsp3) is 0.733. The van der Waals surface area contributed by atoms with E-state index in [0.29, 0.717) is 31.7 Å². The van der Waals surface area contributed by atoms with Crippen molar-refractivity contribution >= 4 is 17.4 Å². The zero-order valence-corrected chi connectivity index (χ0v) is 13.7. The molecule has 2 amide bonds. The Labute approximate surface area is 130 Å². The maximum absolute atomic E-state index is 11.6. The standard InChI is InChI=1S/C15H25N3O2S/c1-11-5-3-4-6-13(11)20-8-7-16-15(19)18-10-14-17-9-12(2)21-14/h9,11,13H,3-8,10H2,1-2H3,(H2,16,18,19)/t11-,13+/m1/s1. The van der Waals surface area contributed by atoms with E-state index in [0.717, 1.165) is 16.3 Å². The van der Waals surface area contributed by atoms with Crippen molar-refractivity contribution in [2.24, 2.45) is 5.92 Å². The van der Waals surface area contributed by atoms with Gasteiger partial charge in [-0.3, -0.25) is 0 Å². The first-order chi connectivity index (χ1) is 10.1. The lowest BCUT2D eigenvalue weighted by Gasteiger charge is -2.28. The van der Waals surface area contributed by atoms with Crippen LogP contribution in [0.15, 0.2) is 6.20 Å². The van der Waals surface area contributed by atoms with Crippen LogP contribution in [0, 0.1) is 12.8 Å². The third-order valence-electron chi connectivity index (χ3n) is 3.82. The molecule has 5 nitrogen and oxygen atoms in total. The number of carbonyl (C=O) groups excluding carboxylic acids is 1. The third-order valence-corrected chi connectivity index (χ3v) is 4.73. The SMILES string of the molecule is Cc1cnc(CNC(=O)NCCO[C@H]2CCCC[C@H]2C)s1. The molecule has 1 aromatic rings. The summed E-state index contributed by atoms with van der Waals surface area (Å²) in [7, 11) is 0. The molecule has 0 bridgehead atoms. The van der Waals surface area contributed by atoms with Crippen LogP contribution in [-0.4, -0.2) is 30.3 Å². The molecule has 21 heavy (non-hydrogen) atoms. The van der Waals surface area contributed by atoms with Crippen LogP contribution in [0.1, 0.15) is 42.5 Å². The molecule has 0 aliphatic heterocycles. The van der Waals surface area contributed by atoms with E-state index in [1.807, 2.05) is 13.1 Å². The number of thiazole rings is 1. The Bertz CT molecular complexity index is 450. The maximum Gasteiger partial charge on any atom is 0.315 e. The van der Waals surface area contributed by atoms with Crippen molar-refractivity contribution in [3.63, 3.8) is 0 Å². The fourth-order valence-corrected chi connectivity index (χ4v) is 3.33. The van der Waals surface area contributed by atoms with Crippen LogP contribution in [-0.2, 0) is 11.3 Å². The fourth-order valence-electron chi connectivity index (χ4n) is 2.61. The Morgan fingerprint density at radius 3 is 2.95 bits per heavy atom. The molecular weight excluding hydrogens is 286 g/mol. The average molecular weight is 311 g/mol. The lowest BCUT2D eigenvalue weighted by Crippen LogP contribution is -2.38. The van der Waals surface area contributed by atoms with Gasteiger partial charge in [0.25, 0.3) is 0 Å². The first kappa shape index (κ1) is 16.2. The van der Waals surface area contributed by atoms with Crippen molar-refractivity contribution < 1.29 is 9.53 Å². The van der Waals surface area contributed by atoms with Gasteiger partial charge in [0, 0.05) is 17.6 Å². The Kier molecular flexibility index (Phi) is 6.45. The van der Waals surface area contributed by atoms with Crippen LogP contribution in [0.2, 0.25) is 0 Å². The summed E-state index contributed by atoms with van der Waals surface area (Å²) in [6, 6.07) is -0.164. The van der Waals surface area contributed by atoms with Crippen LogP contribution < -0.4 is 10.6 Å². The molecule has 1 saturated carbocycles. The smallest absolute Gasteiger partial charge is 0.315 e. The van der Waals surface area contributed by atoms with Crippen molar-refractivity contribution in [1.82, 2.24) is 15.6 Å². The van der Waals surface area contributed by atoms with E-state index >= 15 is 0 Å². The highest BCUT2D eigenvalue weighted by atomic mass is 32.1. The van der Waals surface area contributed by atoms with Crippen molar-refractivity contribution in [2.45, 2.75) is 52.2 Å². The highest BCUT2D eigenvalue weighted by Gasteiger charge is 2.21. The molecule has 118 valence electrons. The maximum atomic E-state index is 11.6. The highest BCUT2D eigenvalue weighted by molar-refractivity contribution is 7.11. The Morgan fingerprint density at radius 2 is 2.24 bits per heavy atom.